The normalized spacial score (nSPS) is 15.8. The molecule has 0 atom stereocenters. The fraction of sp³-hybridized carbons (Fsp3) is 0.471. The van der Waals surface area contributed by atoms with Gasteiger partial charge in [-0.3, -0.25) is 9.59 Å². The van der Waals surface area contributed by atoms with Crippen LogP contribution in [0, 0.1) is 5.41 Å². The Morgan fingerprint density at radius 3 is 2.57 bits per heavy atom. The summed E-state index contributed by atoms with van der Waals surface area (Å²) in [6.07, 6.45) is 1.84. The minimum absolute atomic E-state index is 0.0763. The molecule has 122 valence electrons. The largest absolute Gasteiger partial charge is 0.396 e. The maximum Gasteiger partial charge on any atom is 0.274 e. The van der Waals surface area contributed by atoms with E-state index in [2.05, 4.69) is 10.4 Å². The van der Waals surface area contributed by atoms with E-state index < -0.39 is 0 Å². The maximum atomic E-state index is 12.6. The Labute approximate surface area is 134 Å². The molecule has 6 heteroatoms. The molecule has 1 saturated carbocycles. The summed E-state index contributed by atoms with van der Waals surface area (Å²) in [7, 11) is 0. The van der Waals surface area contributed by atoms with Crippen molar-refractivity contribution in [2.45, 2.75) is 32.7 Å². The molecule has 0 aliphatic heterocycles. The first kappa shape index (κ1) is 15.7. The smallest absolute Gasteiger partial charge is 0.274 e. The van der Waals surface area contributed by atoms with Gasteiger partial charge in [0.1, 0.15) is 0 Å². The molecule has 1 amide bonds. The Bertz CT molecular complexity index is 806. The first-order valence-corrected chi connectivity index (χ1v) is 7.88. The van der Waals surface area contributed by atoms with Gasteiger partial charge >= 0.3 is 0 Å². The molecular formula is C17H21N3O3. The molecule has 6 nitrogen and oxygen atoms in total. The lowest BCUT2D eigenvalue weighted by molar-refractivity contribution is 0.0929. The quantitative estimate of drug-likeness (QED) is 0.875. The first-order valence-electron chi connectivity index (χ1n) is 7.88. The van der Waals surface area contributed by atoms with Gasteiger partial charge in [0.25, 0.3) is 11.5 Å². The van der Waals surface area contributed by atoms with Crippen molar-refractivity contribution in [3.8, 4) is 0 Å². The van der Waals surface area contributed by atoms with Crippen molar-refractivity contribution >= 4 is 16.7 Å². The number of hydrogen-bond donors (Lipinski definition) is 2. The van der Waals surface area contributed by atoms with Crippen molar-refractivity contribution in [1.29, 1.82) is 0 Å². The average molecular weight is 315 g/mol. The lowest BCUT2D eigenvalue weighted by atomic mass is 10.1. The number of fused-ring (bicyclic) bond motifs is 1. The molecule has 2 N–H and O–H groups in total. The van der Waals surface area contributed by atoms with Crippen molar-refractivity contribution in [2.24, 2.45) is 5.41 Å². The number of carbonyl (C=O) groups is 1. The zero-order valence-corrected chi connectivity index (χ0v) is 13.4. The third-order valence-electron chi connectivity index (χ3n) is 4.45. The van der Waals surface area contributed by atoms with E-state index in [0.717, 1.165) is 12.8 Å². The number of hydrogen-bond acceptors (Lipinski definition) is 4. The number of aromatic nitrogens is 2. The molecule has 23 heavy (non-hydrogen) atoms. The Morgan fingerprint density at radius 1 is 1.35 bits per heavy atom. The molecule has 1 fully saturated rings. The summed E-state index contributed by atoms with van der Waals surface area (Å²) in [5, 5.41) is 17.5. The van der Waals surface area contributed by atoms with Crippen LogP contribution >= 0.6 is 0 Å². The SMILES string of the molecule is CC(C)n1nc(C(=O)NCC2(CO)CC2)c2ccccc2c1=O. The van der Waals surface area contributed by atoms with E-state index >= 15 is 0 Å². The highest BCUT2D eigenvalue weighted by molar-refractivity contribution is 6.04. The molecule has 1 aromatic carbocycles. The number of aliphatic hydroxyl groups is 1. The molecule has 0 unspecified atom stereocenters. The Balaban J connectivity index is 2.00. The molecule has 0 spiro atoms. The molecule has 3 rings (SSSR count). The van der Waals surface area contributed by atoms with Crippen LogP contribution in [0.15, 0.2) is 29.1 Å². The molecule has 2 aromatic rings. The van der Waals surface area contributed by atoms with Gasteiger partial charge in [-0.25, -0.2) is 4.68 Å². The summed E-state index contributed by atoms with van der Waals surface area (Å²) in [4.78, 5) is 25.0. The molecule has 0 saturated heterocycles. The van der Waals surface area contributed by atoms with E-state index in [1.807, 2.05) is 13.8 Å². The lowest BCUT2D eigenvalue weighted by Crippen LogP contribution is -2.35. The van der Waals surface area contributed by atoms with E-state index in [0.29, 0.717) is 17.3 Å². The van der Waals surface area contributed by atoms with Crippen molar-refractivity contribution in [3.63, 3.8) is 0 Å². The van der Waals surface area contributed by atoms with Crippen LogP contribution in [0.1, 0.15) is 43.2 Å². The highest BCUT2D eigenvalue weighted by Gasteiger charge is 2.42. The van der Waals surface area contributed by atoms with E-state index in [4.69, 9.17) is 0 Å². The number of amides is 1. The minimum Gasteiger partial charge on any atom is -0.396 e. The summed E-state index contributed by atoms with van der Waals surface area (Å²) >= 11 is 0. The topological polar surface area (TPSA) is 84.2 Å². The molecule has 0 bridgehead atoms. The number of benzene rings is 1. The Morgan fingerprint density at radius 2 is 2.00 bits per heavy atom. The summed E-state index contributed by atoms with van der Waals surface area (Å²) in [5.74, 6) is -0.310. The van der Waals surface area contributed by atoms with E-state index in [-0.39, 0.29) is 35.2 Å². The minimum atomic E-state index is -0.310. The summed E-state index contributed by atoms with van der Waals surface area (Å²) in [6.45, 7) is 4.22. The van der Waals surface area contributed by atoms with Gasteiger partial charge in [-0.1, -0.05) is 18.2 Å². The van der Waals surface area contributed by atoms with Gasteiger partial charge in [-0.15, -0.1) is 0 Å². The highest BCUT2D eigenvalue weighted by atomic mass is 16.3. The predicted octanol–water partition coefficient (Wildman–Crippen LogP) is 1.48. The van der Waals surface area contributed by atoms with E-state index in [1.165, 1.54) is 4.68 Å². The van der Waals surface area contributed by atoms with Gasteiger partial charge in [-0.05, 0) is 32.8 Å². The van der Waals surface area contributed by atoms with Crippen molar-refractivity contribution in [3.05, 3.63) is 40.3 Å². The molecule has 1 heterocycles. The van der Waals surface area contributed by atoms with Crippen molar-refractivity contribution in [2.75, 3.05) is 13.2 Å². The second kappa shape index (κ2) is 5.77. The van der Waals surface area contributed by atoms with Gasteiger partial charge in [0.2, 0.25) is 0 Å². The average Bonchev–Trinajstić information content (AvgIpc) is 3.33. The number of aliphatic hydroxyl groups excluding tert-OH is 1. The van der Waals surface area contributed by atoms with Gasteiger partial charge in [0, 0.05) is 17.3 Å². The zero-order valence-electron chi connectivity index (χ0n) is 13.4. The molecular weight excluding hydrogens is 294 g/mol. The van der Waals surface area contributed by atoms with Crippen LogP contribution in [-0.4, -0.2) is 33.9 Å². The van der Waals surface area contributed by atoms with Crippen molar-refractivity contribution in [1.82, 2.24) is 15.1 Å². The number of carbonyl (C=O) groups excluding carboxylic acids is 1. The Hall–Kier alpha value is -2.21. The van der Waals surface area contributed by atoms with Crippen LogP contribution in [0.25, 0.3) is 10.8 Å². The zero-order chi connectivity index (χ0) is 16.6. The van der Waals surface area contributed by atoms with Crippen molar-refractivity contribution < 1.29 is 9.90 Å². The molecule has 1 aliphatic rings. The highest BCUT2D eigenvalue weighted by Crippen LogP contribution is 2.44. The third kappa shape index (κ3) is 2.86. The first-order chi connectivity index (χ1) is 11.0. The van der Waals surface area contributed by atoms with Gasteiger partial charge in [-0.2, -0.15) is 5.10 Å². The molecule has 1 aliphatic carbocycles. The Kier molecular flexibility index (Phi) is 3.93. The van der Waals surface area contributed by atoms with Gasteiger partial charge < -0.3 is 10.4 Å². The van der Waals surface area contributed by atoms with Gasteiger partial charge in [0.15, 0.2) is 5.69 Å². The lowest BCUT2D eigenvalue weighted by Gasteiger charge is -2.15. The fourth-order valence-electron chi connectivity index (χ4n) is 2.64. The summed E-state index contributed by atoms with van der Waals surface area (Å²) < 4.78 is 1.34. The van der Waals surface area contributed by atoms with Gasteiger partial charge in [0.05, 0.1) is 18.0 Å². The standard InChI is InChI=1S/C17H21N3O3/c1-11(2)20-16(23)13-6-4-3-5-12(13)14(19-20)15(22)18-9-17(10-21)7-8-17/h3-6,11,21H,7-10H2,1-2H3,(H,18,22). The molecule has 1 aromatic heterocycles. The van der Waals surface area contributed by atoms with E-state index in [9.17, 15) is 14.7 Å². The second-order valence-corrected chi connectivity index (χ2v) is 6.58. The monoisotopic (exact) mass is 315 g/mol. The van der Waals surface area contributed by atoms with Crippen LogP contribution in [0.4, 0.5) is 0 Å². The fourth-order valence-corrected chi connectivity index (χ4v) is 2.64. The second-order valence-electron chi connectivity index (χ2n) is 6.58. The summed E-state index contributed by atoms with van der Waals surface area (Å²) in [6, 6.07) is 6.88. The maximum absolute atomic E-state index is 12.6. The number of nitrogens with zero attached hydrogens (tertiary/aromatic N) is 2. The summed E-state index contributed by atoms with van der Waals surface area (Å²) in [5.41, 5.74) is -0.110. The van der Waals surface area contributed by atoms with Crippen LogP contribution in [-0.2, 0) is 0 Å². The predicted molar refractivity (Wildman–Crippen MR) is 87.5 cm³/mol. The van der Waals surface area contributed by atoms with E-state index in [1.54, 1.807) is 24.3 Å². The van der Waals surface area contributed by atoms with Crippen LogP contribution in [0.3, 0.4) is 0 Å². The molecule has 0 radical (unpaired) electrons. The third-order valence-corrected chi connectivity index (χ3v) is 4.45. The van der Waals surface area contributed by atoms with Crippen LogP contribution in [0.2, 0.25) is 0 Å². The number of nitrogens with one attached hydrogen (secondary N) is 1. The van der Waals surface area contributed by atoms with Crippen LogP contribution in [0.5, 0.6) is 0 Å². The number of rotatable bonds is 5. The van der Waals surface area contributed by atoms with Crippen LogP contribution < -0.4 is 10.9 Å².